The highest BCUT2D eigenvalue weighted by Gasteiger charge is 2.14. The Balaban J connectivity index is 1.88. The molecule has 0 radical (unpaired) electrons. The van der Waals surface area contributed by atoms with Gasteiger partial charge in [-0.2, -0.15) is 0 Å². The summed E-state index contributed by atoms with van der Waals surface area (Å²) < 4.78 is 10.6. The number of quaternary nitrogens is 1. The molecular weight excluding hydrogens is 340 g/mol. The molecule has 0 bridgehead atoms. The summed E-state index contributed by atoms with van der Waals surface area (Å²) in [6.45, 7) is 1.46. The molecule has 0 aliphatic rings. The Hall–Kier alpha value is -2.24. The molecule has 1 unspecified atom stereocenters. The largest absolute Gasteiger partial charge is 0.497 e. The van der Waals surface area contributed by atoms with E-state index in [9.17, 15) is 4.79 Å². The van der Waals surface area contributed by atoms with Gasteiger partial charge in [0, 0.05) is 23.2 Å². The van der Waals surface area contributed by atoms with Gasteiger partial charge in [0.25, 0.3) is 5.91 Å². The molecule has 134 valence electrons. The van der Waals surface area contributed by atoms with E-state index in [0.717, 1.165) is 27.5 Å². The van der Waals surface area contributed by atoms with Gasteiger partial charge in [0.05, 0.1) is 21.3 Å². The van der Waals surface area contributed by atoms with E-state index in [-0.39, 0.29) is 5.91 Å². The van der Waals surface area contributed by atoms with Crippen molar-refractivity contribution in [2.45, 2.75) is 13.1 Å². The van der Waals surface area contributed by atoms with E-state index in [0.29, 0.717) is 24.7 Å². The lowest BCUT2D eigenvalue weighted by atomic mass is 10.1. The van der Waals surface area contributed by atoms with Crippen molar-refractivity contribution in [2.24, 2.45) is 0 Å². The summed E-state index contributed by atoms with van der Waals surface area (Å²) >= 11 is 6.10. The van der Waals surface area contributed by atoms with Crippen molar-refractivity contribution in [3.05, 3.63) is 58.6 Å². The second-order valence-corrected chi connectivity index (χ2v) is 6.26. The molecule has 0 aliphatic heterocycles. The summed E-state index contributed by atoms with van der Waals surface area (Å²) in [4.78, 5) is 13.2. The fraction of sp³-hybridized carbons (Fsp3) is 0.316. The molecule has 2 aromatic rings. The van der Waals surface area contributed by atoms with E-state index in [1.54, 1.807) is 14.2 Å². The highest BCUT2D eigenvalue weighted by molar-refractivity contribution is 6.31. The molecule has 1 atom stereocenters. The standard InChI is InChI=1S/C19H23ClN2O3/c1-22(12-15-8-9-16(24-2)10-18(15)25-3)13-19(23)21-11-14-6-4-5-7-17(14)20/h4-10H,11-13H2,1-3H3,(H,21,23)/p+1. The predicted octanol–water partition coefficient (Wildman–Crippen LogP) is 1.69. The van der Waals surface area contributed by atoms with Gasteiger partial charge >= 0.3 is 0 Å². The van der Waals surface area contributed by atoms with E-state index in [2.05, 4.69) is 5.32 Å². The average molecular weight is 364 g/mol. The summed E-state index contributed by atoms with van der Waals surface area (Å²) in [6.07, 6.45) is 0. The number of benzene rings is 2. The number of rotatable bonds is 8. The van der Waals surface area contributed by atoms with Crippen molar-refractivity contribution >= 4 is 17.5 Å². The SMILES string of the molecule is COc1ccc(C[NH+](C)CC(=O)NCc2ccccc2Cl)c(OC)c1. The lowest BCUT2D eigenvalue weighted by molar-refractivity contribution is -0.885. The Bertz CT molecular complexity index is 722. The zero-order valence-corrected chi connectivity index (χ0v) is 15.5. The summed E-state index contributed by atoms with van der Waals surface area (Å²) in [5, 5.41) is 3.57. The van der Waals surface area contributed by atoms with Crippen LogP contribution in [0.1, 0.15) is 11.1 Å². The number of ether oxygens (including phenoxy) is 2. The van der Waals surface area contributed by atoms with Crippen LogP contribution in [0.5, 0.6) is 11.5 Å². The smallest absolute Gasteiger partial charge is 0.275 e. The third-order valence-electron chi connectivity index (χ3n) is 3.88. The van der Waals surface area contributed by atoms with Crippen LogP contribution < -0.4 is 19.7 Å². The monoisotopic (exact) mass is 363 g/mol. The van der Waals surface area contributed by atoms with Gasteiger partial charge in [0.15, 0.2) is 6.54 Å². The van der Waals surface area contributed by atoms with Crippen molar-refractivity contribution in [3.63, 3.8) is 0 Å². The summed E-state index contributed by atoms with van der Waals surface area (Å²) in [7, 11) is 5.22. The van der Waals surface area contributed by atoms with E-state index < -0.39 is 0 Å². The van der Waals surface area contributed by atoms with Gasteiger partial charge in [0.1, 0.15) is 18.0 Å². The molecule has 6 heteroatoms. The Labute approximate surface area is 153 Å². The topological polar surface area (TPSA) is 52.0 Å². The maximum absolute atomic E-state index is 12.2. The van der Waals surface area contributed by atoms with Gasteiger partial charge in [-0.15, -0.1) is 0 Å². The maximum atomic E-state index is 12.2. The van der Waals surface area contributed by atoms with E-state index in [1.165, 1.54) is 0 Å². The number of hydrogen-bond acceptors (Lipinski definition) is 3. The second kappa shape index (κ2) is 9.30. The maximum Gasteiger partial charge on any atom is 0.275 e. The molecule has 2 N–H and O–H groups in total. The number of halogens is 1. The Morgan fingerprint density at radius 2 is 1.88 bits per heavy atom. The predicted molar refractivity (Wildman–Crippen MR) is 98.3 cm³/mol. The van der Waals surface area contributed by atoms with Crippen molar-refractivity contribution in [1.82, 2.24) is 5.32 Å². The minimum absolute atomic E-state index is 0.0232. The van der Waals surface area contributed by atoms with Crippen LogP contribution in [-0.4, -0.2) is 33.7 Å². The summed E-state index contributed by atoms with van der Waals surface area (Å²) in [5.41, 5.74) is 1.94. The number of methoxy groups -OCH3 is 2. The quantitative estimate of drug-likeness (QED) is 0.750. The van der Waals surface area contributed by atoms with E-state index >= 15 is 0 Å². The first-order valence-electron chi connectivity index (χ1n) is 8.05. The van der Waals surface area contributed by atoms with Crippen LogP contribution in [0, 0.1) is 0 Å². The van der Waals surface area contributed by atoms with Crippen molar-refractivity contribution in [1.29, 1.82) is 0 Å². The Kier molecular flexibility index (Phi) is 7.10. The molecule has 0 saturated carbocycles. The molecule has 0 heterocycles. The van der Waals surface area contributed by atoms with E-state index in [1.807, 2.05) is 49.5 Å². The molecule has 2 aromatic carbocycles. The minimum atomic E-state index is -0.0232. The molecular formula is C19H24ClN2O3+. The minimum Gasteiger partial charge on any atom is -0.497 e. The zero-order valence-electron chi connectivity index (χ0n) is 14.8. The van der Waals surface area contributed by atoms with Gasteiger partial charge in [-0.3, -0.25) is 4.79 Å². The molecule has 0 saturated heterocycles. The van der Waals surface area contributed by atoms with E-state index in [4.69, 9.17) is 21.1 Å². The number of nitrogens with one attached hydrogen (secondary N) is 2. The lowest BCUT2D eigenvalue weighted by Crippen LogP contribution is -3.08. The lowest BCUT2D eigenvalue weighted by Gasteiger charge is -2.16. The molecule has 0 fully saturated rings. The average Bonchev–Trinajstić information content (AvgIpc) is 2.61. The van der Waals surface area contributed by atoms with Crippen LogP contribution >= 0.6 is 11.6 Å². The molecule has 0 spiro atoms. The number of carbonyl (C=O) groups excluding carboxylic acids is 1. The Morgan fingerprint density at radius 3 is 2.56 bits per heavy atom. The summed E-state index contributed by atoms with van der Waals surface area (Å²) in [5.74, 6) is 1.48. The number of amides is 1. The zero-order chi connectivity index (χ0) is 18.2. The van der Waals surface area contributed by atoms with Gasteiger partial charge in [-0.25, -0.2) is 0 Å². The molecule has 0 aliphatic carbocycles. The number of hydrogen-bond donors (Lipinski definition) is 2. The van der Waals surface area contributed by atoms with Crippen LogP contribution in [0.2, 0.25) is 5.02 Å². The van der Waals surface area contributed by atoms with Gasteiger partial charge in [-0.1, -0.05) is 29.8 Å². The molecule has 2 rings (SSSR count). The highest BCUT2D eigenvalue weighted by Crippen LogP contribution is 2.23. The third kappa shape index (κ3) is 5.66. The normalized spacial score (nSPS) is 11.7. The van der Waals surface area contributed by atoms with Gasteiger partial charge in [0.2, 0.25) is 0 Å². The molecule has 1 amide bonds. The van der Waals surface area contributed by atoms with Crippen LogP contribution in [0.15, 0.2) is 42.5 Å². The molecule has 5 nitrogen and oxygen atoms in total. The Morgan fingerprint density at radius 1 is 1.12 bits per heavy atom. The number of likely N-dealkylation sites (N-methyl/N-ethyl adjacent to an activating group) is 1. The van der Waals surface area contributed by atoms with Crippen molar-refractivity contribution in [3.8, 4) is 11.5 Å². The van der Waals surface area contributed by atoms with Crippen LogP contribution in [0.4, 0.5) is 0 Å². The molecule has 0 aromatic heterocycles. The van der Waals surface area contributed by atoms with Crippen LogP contribution in [0.25, 0.3) is 0 Å². The second-order valence-electron chi connectivity index (χ2n) is 5.86. The van der Waals surface area contributed by atoms with Gasteiger partial charge < -0.3 is 19.7 Å². The molecule has 25 heavy (non-hydrogen) atoms. The fourth-order valence-corrected chi connectivity index (χ4v) is 2.76. The first-order chi connectivity index (χ1) is 12.0. The first-order valence-corrected chi connectivity index (χ1v) is 8.43. The van der Waals surface area contributed by atoms with Crippen LogP contribution in [-0.2, 0) is 17.9 Å². The summed E-state index contributed by atoms with van der Waals surface area (Å²) in [6, 6.07) is 13.2. The van der Waals surface area contributed by atoms with Gasteiger partial charge in [-0.05, 0) is 23.8 Å². The fourth-order valence-electron chi connectivity index (χ4n) is 2.56. The van der Waals surface area contributed by atoms with Crippen LogP contribution in [0.3, 0.4) is 0 Å². The number of carbonyl (C=O) groups is 1. The third-order valence-corrected chi connectivity index (χ3v) is 4.25. The van der Waals surface area contributed by atoms with Crippen molar-refractivity contribution in [2.75, 3.05) is 27.8 Å². The first kappa shape index (κ1) is 19.1. The highest BCUT2D eigenvalue weighted by atomic mass is 35.5. The van der Waals surface area contributed by atoms with Crippen molar-refractivity contribution < 1.29 is 19.2 Å².